The number of aliphatic hydroxyl groups is 1. The average molecular weight is 236 g/mol. The lowest BCUT2D eigenvalue weighted by molar-refractivity contribution is 0.0362. The van der Waals surface area contributed by atoms with Gasteiger partial charge < -0.3 is 9.84 Å². The second kappa shape index (κ2) is 9.20. The summed E-state index contributed by atoms with van der Waals surface area (Å²) < 4.78 is 5.86. The molecule has 1 unspecified atom stereocenters. The van der Waals surface area contributed by atoms with E-state index in [9.17, 15) is 0 Å². The minimum absolute atomic E-state index is 0.189. The third kappa shape index (κ3) is 5.85. The molecule has 0 spiro atoms. The van der Waals surface area contributed by atoms with E-state index in [-0.39, 0.29) is 12.7 Å². The van der Waals surface area contributed by atoms with Crippen LogP contribution in [0.3, 0.4) is 0 Å². The molecule has 1 rings (SSSR count). The predicted octanol–water partition coefficient (Wildman–Crippen LogP) is 3.71. The number of aliphatic hydroxyl groups excluding tert-OH is 1. The van der Waals surface area contributed by atoms with E-state index in [0.29, 0.717) is 6.61 Å². The molecule has 1 aromatic rings. The molecule has 0 amide bonds. The lowest BCUT2D eigenvalue weighted by Crippen LogP contribution is -2.07. The van der Waals surface area contributed by atoms with Gasteiger partial charge in [-0.2, -0.15) is 0 Å². The summed E-state index contributed by atoms with van der Waals surface area (Å²) in [5.74, 6) is 0. The molecule has 0 bridgehead atoms. The summed E-state index contributed by atoms with van der Waals surface area (Å²) in [6.07, 6.45) is 5.68. The molecule has 0 fully saturated rings. The molecule has 1 aromatic carbocycles. The van der Waals surface area contributed by atoms with E-state index in [1.54, 1.807) is 0 Å². The zero-order chi connectivity index (χ0) is 12.3. The van der Waals surface area contributed by atoms with Crippen molar-refractivity contribution in [2.75, 3.05) is 13.2 Å². The van der Waals surface area contributed by atoms with Crippen molar-refractivity contribution in [1.29, 1.82) is 0 Å². The van der Waals surface area contributed by atoms with Gasteiger partial charge in [0.05, 0.1) is 6.10 Å². The highest BCUT2D eigenvalue weighted by Gasteiger charge is 2.10. The van der Waals surface area contributed by atoms with E-state index in [1.165, 1.54) is 24.8 Å². The van der Waals surface area contributed by atoms with Crippen molar-refractivity contribution >= 4 is 0 Å². The standard InChI is InChI=1S/C15H24O2/c1-2-3-5-11-15(17-13-8-12-16)14-9-6-4-7-10-14/h4,6-7,9-10,15-16H,2-3,5,8,11-13H2,1H3. The first-order valence-corrected chi connectivity index (χ1v) is 6.66. The van der Waals surface area contributed by atoms with Crippen LogP contribution in [0.2, 0.25) is 0 Å². The highest BCUT2D eigenvalue weighted by atomic mass is 16.5. The van der Waals surface area contributed by atoms with Gasteiger partial charge in [-0.1, -0.05) is 56.5 Å². The number of unbranched alkanes of at least 4 members (excludes halogenated alkanes) is 2. The third-order valence-electron chi connectivity index (χ3n) is 2.86. The average Bonchev–Trinajstić information content (AvgIpc) is 2.38. The molecule has 0 heterocycles. The summed E-state index contributed by atoms with van der Waals surface area (Å²) in [6, 6.07) is 10.4. The van der Waals surface area contributed by atoms with E-state index >= 15 is 0 Å². The lowest BCUT2D eigenvalue weighted by Gasteiger charge is -2.18. The van der Waals surface area contributed by atoms with Crippen molar-refractivity contribution in [2.45, 2.75) is 45.1 Å². The van der Waals surface area contributed by atoms with Crippen molar-refractivity contribution < 1.29 is 9.84 Å². The number of benzene rings is 1. The van der Waals surface area contributed by atoms with E-state index in [2.05, 4.69) is 31.2 Å². The summed E-state index contributed by atoms with van der Waals surface area (Å²) in [6.45, 7) is 3.06. The molecule has 1 N–H and O–H groups in total. The molecule has 1 atom stereocenters. The van der Waals surface area contributed by atoms with Gasteiger partial charge in [-0.3, -0.25) is 0 Å². The summed E-state index contributed by atoms with van der Waals surface area (Å²) in [4.78, 5) is 0. The Morgan fingerprint density at radius 3 is 2.53 bits per heavy atom. The molecule has 0 aliphatic rings. The maximum atomic E-state index is 8.78. The molecule has 17 heavy (non-hydrogen) atoms. The molecule has 0 saturated carbocycles. The van der Waals surface area contributed by atoms with Gasteiger partial charge >= 0.3 is 0 Å². The monoisotopic (exact) mass is 236 g/mol. The zero-order valence-corrected chi connectivity index (χ0v) is 10.8. The van der Waals surface area contributed by atoms with Crippen LogP contribution in [-0.4, -0.2) is 18.3 Å². The van der Waals surface area contributed by atoms with Crippen LogP contribution in [0.15, 0.2) is 30.3 Å². The summed E-state index contributed by atoms with van der Waals surface area (Å²) >= 11 is 0. The molecular formula is C15H24O2. The van der Waals surface area contributed by atoms with E-state index in [1.807, 2.05) is 6.07 Å². The van der Waals surface area contributed by atoms with Crippen LogP contribution in [0.5, 0.6) is 0 Å². The molecule has 0 aliphatic carbocycles. The van der Waals surface area contributed by atoms with Gasteiger partial charge in [-0.15, -0.1) is 0 Å². The topological polar surface area (TPSA) is 29.5 Å². The van der Waals surface area contributed by atoms with E-state index in [0.717, 1.165) is 12.8 Å². The second-order valence-corrected chi connectivity index (χ2v) is 4.34. The minimum Gasteiger partial charge on any atom is -0.396 e. The highest BCUT2D eigenvalue weighted by molar-refractivity contribution is 5.17. The number of ether oxygens (including phenoxy) is 1. The van der Waals surface area contributed by atoms with Crippen LogP contribution < -0.4 is 0 Å². The molecule has 0 radical (unpaired) electrons. The SMILES string of the molecule is CCCCCC(OCCCO)c1ccccc1. The fourth-order valence-electron chi connectivity index (χ4n) is 1.88. The van der Waals surface area contributed by atoms with Crippen LogP contribution in [0, 0.1) is 0 Å². The quantitative estimate of drug-likeness (QED) is 0.662. The summed E-state index contributed by atoms with van der Waals surface area (Å²) in [7, 11) is 0. The Balaban J connectivity index is 2.46. The van der Waals surface area contributed by atoms with Gasteiger partial charge in [0.1, 0.15) is 0 Å². The first-order chi connectivity index (χ1) is 8.38. The van der Waals surface area contributed by atoms with Crippen LogP contribution in [0.4, 0.5) is 0 Å². The van der Waals surface area contributed by atoms with Crippen molar-refractivity contribution in [2.24, 2.45) is 0 Å². The fraction of sp³-hybridized carbons (Fsp3) is 0.600. The Morgan fingerprint density at radius 1 is 1.12 bits per heavy atom. The van der Waals surface area contributed by atoms with Crippen molar-refractivity contribution in [3.63, 3.8) is 0 Å². The number of rotatable bonds is 9. The Hall–Kier alpha value is -0.860. The lowest BCUT2D eigenvalue weighted by atomic mass is 10.0. The van der Waals surface area contributed by atoms with Gasteiger partial charge in [-0.05, 0) is 18.4 Å². The maximum Gasteiger partial charge on any atom is 0.0824 e. The molecule has 96 valence electrons. The van der Waals surface area contributed by atoms with E-state index in [4.69, 9.17) is 9.84 Å². The van der Waals surface area contributed by atoms with Crippen LogP contribution in [0.1, 0.15) is 50.7 Å². The minimum atomic E-state index is 0.189. The maximum absolute atomic E-state index is 8.78. The Morgan fingerprint density at radius 2 is 1.88 bits per heavy atom. The molecular weight excluding hydrogens is 212 g/mol. The molecule has 0 aromatic heterocycles. The van der Waals surface area contributed by atoms with Crippen molar-refractivity contribution in [1.82, 2.24) is 0 Å². The van der Waals surface area contributed by atoms with Gasteiger partial charge in [-0.25, -0.2) is 0 Å². The normalized spacial score (nSPS) is 12.6. The Bertz CT molecular complexity index is 262. The fourth-order valence-corrected chi connectivity index (χ4v) is 1.88. The van der Waals surface area contributed by atoms with Crippen molar-refractivity contribution in [3.05, 3.63) is 35.9 Å². The van der Waals surface area contributed by atoms with Crippen LogP contribution >= 0.6 is 0 Å². The van der Waals surface area contributed by atoms with Gasteiger partial charge in [0.2, 0.25) is 0 Å². The van der Waals surface area contributed by atoms with Gasteiger partial charge in [0, 0.05) is 13.2 Å². The summed E-state index contributed by atoms with van der Waals surface area (Å²) in [5.41, 5.74) is 1.25. The molecule has 0 saturated heterocycles. The second-order valence-electron chi connectivity index (χ2n) is 4.34. The van der Waals surface area contributed by atoms with Crippen LogP contribution in [0.25, 0.3) is 0 Å². The van der Waals surface area contributed by atoms with Gasteiger partial charge in [0.15, 0.2) is 0 Å². The first kappa shape index (κ1) is 14.2. The highest BCUT2D eigenvalue weighted by Crippen LogP contribution is 2.23. The predicted molar refractivity (Wildman–Crippen MR) is 71.0 cm³/mol. The zero-order valence-electron chi connectivity index (χ0n) is 10.8. The summed E-state index contributed by atoms with van der Waals surface area (Å²) in [5, 5.41) is 8.78. The largest absolute Gasteiger partial charge is 0.396 e. The molecule has 0 aliphatic heterocycles. The first-order valence-electron chi connectivity index (χ1n) is 6.66. The van der Waals surface area contributed by atoms with Crippen molar-refractivity contribution in [3.8, 4) is 0 Å². The smallest absolute Gasteiger partial charge is 0.0824 e. The number of hydrogen-bond donors (Lipinski definition) is 1. The third-order valence-corrected chi connectivity index (χ3v) is 2.86. The Kier molecular flexibility index (Phi) is 7.69. The molecule has 2 nitrogen and oxygen atoms in total. The Labute approximate surface area is 105 Å². The van der Waals surface area contributed by atoms with Gasteiger partial charge in [0.25, 0.3) is 0 Å². The van der Waals surface area contributed by atoms with E-state index < -0.39 is 0 Å². The molecule has 2 heteroatoms. The number of hydrogen-bond acceptors (Lipinski definition) is 2. The van der Waals surface area contributed by atoms with Crippen LogP contribution in [-0.2, 0) is 4.74 Å².